The number of carbonyl (C=O) groups is 4. The van der Waals surface area contributed by atoms with E-state index in [9.17, 15) is 19.2 Å². The summed E-state index contributed by atoms with van der Waals surface area (Å²) in [6.07, 6.45) is 2.15. The van der Waals surface area contributed by atoms with E-state index in [1.165, 1.54) is 36.5 Å². The molecule has 4 rings (SSSR count). The second-order valence-electron chi connectivity index (χ2n) is 10.2. The number of aliphatic carboxylic acids is 2. The molecule has 0 aliphatic heterocycles. The quantitative estimate of drug-likeness (QED) is 0.151. The Labute approximate surface area is 245 Å². The van der Waals surface area contributed by atoms with Gasteiger partial charge in [0, 0.05) is 22.2 Å². The lowest BCUT2D eigenvalue weighted by Gasteiger charge is -2.11. The zero-order valence-corrected chi connectivity index (χ0v) is 24.9. The van der Waals surface area contributed by atoms with Gasteiger partial charge in [0.1, 0.15) is 11.5 Å². The number of hydrogen-bond acceptors (Lipinski definition) is 8. The second-order valence-corrected chi connectivity index (χ2v) is 12.4. The number of ether oxygens (including phenoxy) is 2. The van der Waals surface area contributed by atoms with Gasteiger partial charge in [-0.3, -0.25) is 19.2 Å². The van der Waals surface area contributed by atoms with Crippen molar-refractivity contribution < 1.29 is 38.9 Å². The maximum atomic E-state index is 12.6. The summed E-state index contributed by atoms with van der Waals surface area (Å²) in [5.41, 5.74) is 2.01. The van der Waals surface area contributed by atoms with Crippen molar-refractivity contribution in [2.75, 3.05) is 14.2 Å². The van der Waals surface area contributed by atoms with Crippen molar-refractivity contribution in [1.29, 1.82) is 0 Å². The molecule has 2 N–H and O–H groups in total. The number of carboxylic acid groups (broad SMARTS) is 2. The van der Waals surface area contributed by atoms with Crippen molar-refractivity contribution in [2.45, 2.75) is 46.0 Å². The molecule has 0 radical (unpaired) electrons. The molecule has 0 bridgehead atoms. The smallest absolute Gasteiger partial charge is 0.306 e. The number of carbonyl (C=O) groups excluding carboxylic acids is 2. The summed E-state index contributed by atoms with van der Waals surface area (Å²) in [6.45, 7) is 3.06. The number of ketones is 2. The predicted octanol–water partition coefficient (Wildman–Crippen LogP) is 6.90. The van der Waals surface area contributed by atoms with Crippen LogP contribution in [0.25, 0.3) is 20.2 Å². The molecule has 2 heterocycles. The first-order valence-corrected chi connectivity index (χ1v) is 14.9. The first kappa shape index (κ1) is 30.2. The Kier molecular flexibility index (Phi) is 9.45. The molecule has 0 spiro atoms. The average Bonchev–Trinajstić information content (AvgIpc) is 3.55. The molecule has 0 unspecified atom stereocenters. The van der Waals surface area contributed by atoms with Crippen LogP contribution in [0.4, 0.5) is 0 Å². The monoisotopic (exact) mass is 596 g/mol. The summed E-state index contributed by atoms with van der Waals surface area (Å²) in [5, 5.41) is 20.1. The zero-order chi connectivity index (χ0) is 29.8. The van der Waals surface area contributed by atoms with E-state index in [4.69, 9.17) is 19.7 Å². The Morgan fingerprint density at radius 1 is 0.683 bits per heavy atom. The van der Waals surface area contributed by atoms with E-state index in [1.807, 2.05) is 36.4 Å². The van der Waals surface area contributed by atoms with Crippen LogP contribution in [0.2, 0.25) is 0 Å². The Morgan fingerprint density at radius 3 is 1.41 bits per heavy atom. The summed E-state index contributed by atoms with van der Waals surface area (Å²) >= 11 is 2.68. The Bertz CT molecular complexity index is 1510. The van der Waals surface area contributed by atoms with Crippen molar-refractivity contribution in [3.8, 4) is 11.5 Å². The molecule has 0 saturated carbocycles. The van der Waals surface area contributed by atoms with Gasteiger partial charge in [0.05, 0.1) is 35.8 Å². The molecular weight excluding hydrogens is 564 g/mol. The highest BCUT2D eigenvalue weighted by Crippen LogP contribution is 2.36. The van der Waals surface area contributed by atoms with E-state index in [1.54, 1.807) is 14.2 Å². The molecular formula is C31H32O8S2. The van der Waals surface area contributed by atoms with Gasteiger partial charge in [-0.1, -0.05) is 13.8 Å². The summed E-state index contributed by atoms with van der Waals surface area (Å²) in [6, 6.07) is 11.5. The highest BCUT2D eigenvalue weighted by atomic mass is 32.1. The van der Waals surface area contributed by atoms with Gasteiger partial charge < -0.3 is 19.7 Å². The molecule has 0 amide bonds. The Balaban J connectivity index is 1.50. The van der Waals surface area contributed by atoms with Crippen LogP contribution in [0.3, 0.4) is 0 Å². The topological polar surface area (TPSA) is 127 Å². The Hall–Kier alpha value is -3.76. The highest BCUT2D eigenvalue weighted by Gasteiger charge is 2.21. The number of carboxylic acids is 2. The van der Waals surface area contributed by atoms with Crippen molar-refractivity contribution in [3.63, 3.8) is 0 Å². The fourth-order valence-electron chi connectivity index (χ4n) is 4.68. The molecule has 0 fully saturated rings. The van der Waals surface area contributed by atoms with Crippen molar-refractivity contribution >= 4 is 66.4 Å². The van der Waals surface area contributed by atoms with E-state index in [0.717, 1.165) is 62.1 Å². The second kappa shape index (κ2) is 12.8. The van der Waals surface area contributed by atoms with Gasteiger partial charge in [0.25, 0.3) is 0 Å². The lowest BCUT2D eigenvalue weighted by atomic mass is 10.00. The van der Waals surface area contributed by atoms with Crippen molar-refractivity contribution in [1.82, 2.24) is 0 Å². The zero-order valence-electron chi connectivity index (χ0n) is 23.3. The summed E-state index contributed by atoms with van der Waals surface area (Å²) in [5.74, 6) is -2.35. The van der Waals surface area contributed by atoms with Crippen LogP contribution < -0.4 is 9.47 Å². The number of fused-ring (bicyclic) bond motifs is 2. The number of thiophene rings is 2. The first-order chi connectivity index (χ1) is 19.5. The average molecular weight is 597 g/mol. The lowest BCUT2D eigenvalue weighted by Crippen LogP contribution is -2.13. The van der Waals surface area contributed by atoms with Gasteiger partial charge in [0.15, 0.2) is 11.6 Å². The van der Waals surface area contributed by atoms with Gasteiger partial charge in [-0.15, -0.1) is 22.7 Å². The van der Waals surface area contributed by atoms with E-state index < -0.39 is 23.8 Å². The maximum Gasteiger partial charge on any atom is 0.306 e. The van der Waals surface area contributed by atoms with Crippen LogP contribution >= 0.6 is 22.7 Å². The van der Waals surface area contributed by atoms with Gasteiger partial charge in [-0.05, 0) is 77.6 Å². The van der Waals surface area contributed by atoms with Crippen LogP contribution in [-0.4, -0.2) is 47.9 Å². The van der Waals surface area contributed by atoms with Crippen LogP contribution in [0, 0.1) is 11.8 Å². The van der Waals surface area contributed by atoms with Gasteiger partial charge >= 0.3 is 11.9 Å². The fraction of sp³-hybridized carbons (Fsp3) is 0.355. The largest absolute Gasteiger partial charge is 0.496 e. The van der Waals surface area contributed by atoms with E-state index in [0.29, 0.717) is 9.75 Å². The number of rotatable bonds is 14. The number of benzene rings is 2. The molecule has 2 aromatic heterocycles. The van der Waals surface area contributed by atoms with Gasteiger partial charge in [-0.2, -0.15) is 0 Å². The molecule has 2 atom stereocenters. The third-order valence-electron chi connectivity index (χ3n) is 7.11. The molecule has 8 nitrogen and oxygen atoms in total. The van der Waals surface area contributed by atoms with Gasteiger partial charge in [0.2, 0.25) is 0 Å². The van der Waals surface area contributed by atoms with Gasteiger partial charge in [-0.25, -0.2) is 0 Å². The maximum absolute atomic E-state index is 12.6. The van der Waals surface area contributed by atoms with Crippen LogP contribution in [0.5, 0.6) is 11.5 Å². The number of aryl methyl sites for hydroxylation is 2. The molecule has 0 saturated heterocycles. The minimum atomic E-state index is -0.988. The minimum absolute atomic E-state index is 0.0421. The minimum Gasteiger partial charge on any atom is -0.496 e. The SMILES string of the molecule is COc1cc2sc(C(=O)C[C@H](C)C(=O)O)cc2cc1CCCc1cc2cc(C(=O)C[C@H](C)C(=O)O)sc2cc1OC. The normalized spacial score (nSPS) is 12.8. The lowest BCUT2D eigenvalue weighted by molar-refractivity contribution is -0.141. The predicted molar refractivity (Wildman–Crippen MR) is 160 cm³/mol. The van der Waals surface area contributed by atoms with E-state index in [2.05, 4.69) is 0 Å². The molecule has 2 aromatic carbocycles. The number of methoxy groups -OCH3 is 2. The van der Waals surface area contributed by atoms with Crippen molar-refractivity contribution in [2.24, 2.45) is 11.8 Å². The molecule has 10 heteroatoms. The van der Waals surface area contributed by atoms with Crippen molar-refractivity contribution in [3.05, 3.63) is 57.3 Å². The fourth-order valence-corrected chi connectivity index (χ4v) is 6.72. The van der Waals surface area contributed by atoms with E-state index >= 15 is 0 Å². The first-order valence-electron chi connectivity index (χ1n) is 13.2. The van der Waals surface area contributed by atoms with Crippen LogP contribution in [-0.2, 0) is 22.4 Å². The Morgan fingerprint density at radius 2 is 1.07 bits per heavy atom. The summed E-state index contributed by atoms with van der Waals surface area (Å²) in [7, 11) is 3.23. The third-order valence-corrected chi connectivity index (χ3v) is 9.38. The summed E-state index contributed by atoms with van der Waals surface area (Å²) < 4.78 is 13.1. The highest BCUT2D eigenvalue weighted by molar-refractivity contribution is 7.21. The molecule has 0 aliphatic rings. The van der Waals surface area contributed by atoms with E-state index in [-0.39, 0.29) is 24.4 Å². The molecule has 0 aliphatic carbocycles. The molecule has 216 valence electrons. The number of Topliss-reactive ketones (excluding diaryl/α,β-unsaturated/α-hetero) is 2. The molecule has 41 heavy (non-hydrogen) atoms. The third kappa shape index (κ3) is 6.94. The summed E-state index contributed by atoms with van der Waals surface area (Å²) in [4.78, 5) is 48.6. The van der Waals surface area contributed by atoms with Crippen LogP contribution in [0.1, 0.15) is 63.6 Å². The van der Waals surface area contributed by atoms with Crippen LogP contribution in [0.15, 0.2) is 36.4 Å². The standard InChI is InChI=1S/C31H32O8S2/c1-16(30(34)35)8-22(32)28-12-20-10-18(24(38-3)14-26(20)40-28)6-5-7-19-11-21-13-29(23(33)9-17(2)31(36)37)41-27(21)15-25(19)39-4/h10-17H,5-9H2,1-4H3,(H,34,35)(H,36,37)/t16-,17-/m0/s1. The molecule has 4 aromatic rings. The number of hydrogen-bond donors (Lipinski definition) is 2.